The Labute approximate surface area is 87.4 Å². The van der Waals surface area contributed by atoms with Crippen molar-refractivity contribution in [1.82, 2.24) is 14.4 Å². The molecule has 7 heteroatoms. The number of alkyl halides is 3. The van der Waals surface area contributed by atoms with Crippen LogP contribution in [0.2, 0.25) is 0 Å². The molecular weight excluding hydrogens is 223 g/mol. The van der Waals surface area contributed by atoms with E-state index in [9.17, 15) is 18.0 Å². The summed E-state index contributed by atoms with van der Waals surface area (Å²) in [5.41, 5.74) is -2.44. The van der Waals surface area contributed by atoms with Crippen molar-refractivity contribution in [3.05, 3.63) is 40.2 Å². The molecule has 2 aromatic rings. The van der Waals surface area contributed by atoms with Crippen LogP contribution in [-0.4, -0.2) is 14.4 Å². The second-order valence-electron chi connectivity index (χ2n) is 3.19. The lowest BCUT2D eigenvalue weighted by molar-refractivity contribution is -0.142. The maximum Gasteiger partial charge on any atom is 0.432 e. The van der Waals surface area contributed by atoms with Gasteiger partial charge in [-0.3, -0.25) is 14.2 Å². The number of fused-ring (bicyclic) bond motifs is 1. The van der Waals surface area contributed by atoms with Crippen molar-refractivity contribution in [2.75, 3.05) is 0 Å². The number of hydrogen-bond acceptors (Lipinski definition) is 3. The highest BCUT2D eigenvalue weighted by atomic mass is 19.4. The third-order valence-electron chi connectivity index (χ3n) is 2.14. The van der Waals surface area contributed by atoms with Crippen LogP contribution in [0.3, 0.4) is 0 Å². The molecule has 2 aromatic heterocycles. The monoisotopic (exact) mass is 229 g/mol. The molecule has 2 rings (SSSR count). The van der Waals surface area contributed by atoms with Gasteiger partial charge in [-0.1, -0.05) is 0 Å². The van der Waals surface area contributed by atoms with Gasteiger partial charge in [0.15, 0.2) is 5.65 Å². The molecule has 16 heavy (non-hydrogen) atoms. The largest absolute Gasteiger partial charge is 0.432 e. The summed E-state index contributed by atoms with van der Waals surface area (Å²) in [6.45, 7) is 1.10. The van der Waals surface area contributed by atoms with E-state index < -0.39 is 23.0 Å². The predicted octanol–water partition coefficient (Wildman–Crippen LogP) is 1.42. The van der Waals surface area contributed by atoms with E-state index >= 15 is 0 Å². The maximum absolute atomic E-state index is 12.8. The van der Waals surface area contributed by atoms with Crippen LogP contribution in [0.1, 0.15) is 11.3 Å². The van der Waals surface area contributed by atoms with Gasteiger partial charge in [0.25, 0.3) is 5.56 Å². The Morgan fingerprint density at radius 2 is 2.06 bits per heavy atom. The van der Waals surface area contributed by atoms with Crippen molar-refractivity contribution in [3.8, 4) is 0 Å². The van der Waals surface area contributed by atoms with Gasteiger partial charge in [0.2, 0.25) is 0 Å². The van der Waals surface area contributed by atoms with E-state index in [2.05, 4.69) is 9.97 Å². The van der Waals surface area contributed by atoms with Crippen molar-refractivity contribution >= 4 is 5.65 Å². The average molecular weight is 229 g/mol. The molecule has 0 saturated heterocycles. The molecule has 0 atom stereocenters. The first kappa shape index (κ1) is 10.6. The van der Waals surface area contributed by atoms with Gasteiger partial charge in [0.1, 0.15) is 5.69 Å². The quantitative estimate of drug-likeness (QED) is 0.686. The van der Waals surface area contributed by atoms with Crippen LogP contribution >= 0.6 is 0 Å². The summed E-state index contributed by atoms with van der Waals surface area (Å²) in [4.78, 5) is 18.4. The SMILES string of the molecule is Cc1c(C(F)(F)F)n2ccncc2nc1=O. The fraction of sp³-hybridized carbons (Fsp3) is 0.222. The van der Waals surface area contributed by atoms with Crippen LogP contribution in [0.5, 0.6) is 0 Å². The van der Waals surface area contributed by atoms with Crippen molar-refractivity contribution in [3.63, 3.8) is 0 Å². The number of halogens is 3. The molecule has 84 valence electrons. The Hall–Kier alpha value is -1.92. The van der Waals surface area contributed by atoms with E-state index in [0.717, 1.165) is 23.7 Å². The molecule has 0 saturated carbocycles. The minimum atomic E-state index is -4.60. The fourth-order valence-corrected chi connectivity index (χ4v) is 1.44. The molecule has 0 radical (unpaired) electrons. The van der Waals surface area contributed by atoms with Crippen LogP contribution in [0.25, 0.3) is 5.65 Å². The number of hydrogen-bond donors (Lipinski definition) is 0. The Balaban J connectivity index is 2.99. The highest BCUT2D eigenvalue weighted by molar-refractivity contribution is 5.39. The zero-order valence-electron chi connectivity index (χ0n) is 8.12. The summed E-state index contributed by atoms with van der Waals surface area (Å²) >= 11 is 0. The van der Waals surface area contributed by atoms with E-state index in [4.69, 9.17) is 0 Å². The second kappa shape index (κ2) is 3.29. The van der Waals surface area contributed by atoms with Gasteiger partial charge in [-0.05, 0) is 6.92 Å². The van der Waals surface area contributed by atoms with Crippen LogP contribution in [-0.2, 0) is 6.18 Å². The lowest BCUT2D eigenvalue weighted by atomic mass is 10.2. The Bertz CT molecular complexity index is 603. The molecule has 4 nitrogen and oxygen atoms in total. The van der Waals surface area contributed by atoms with Crippen LogP contribution < -0.4 is 5.56 Å². The summed E-state index contributed by atoms with van der Waals surface area (Å²) < 4.78 is 39.1. The zero-order valence-corrected chi connectivity index (χ0v) is 8.12. The molecule has 0 aliphatic heterocycles. The van der Waals surface area contributed by atoms with E-state index in [1.807, 2.05) is 0 Å². The second-order valence-corrected chi connectivity index (χ2v) is 3.19. The molecular formula is C9H6F3N3O. The summed E-state index contributed by atoms with van der Waals surface area (Å²) in [7, 11) is 0. The van der Waals surface area contributed by atoms with E-state index in [-0.39, 0.29) is 5.65 Å². The van der Waals surface area contributed by atoms with Gasteiger partial charge in [-0.15, -0.1) is 0 Å². The van der Waals surface area contributed by atoms with Gasteiger partial charge in [-0.25, -0.2) is 0 Å². The Morgan fingerprint density at radius 1 is 1.38 bits per heavy atom. The fourth-order valence-electron chi connectivity index (χ4n) is 1.44. The minimum absolute atomic E-state index is 0.120. The van der Waals surface area contributed by atoms with Gasteiger partial charge >= 0.3 is 6.18 Å². The molecule has 0 N–H and O–H groups in total. The van der Waals surface area contributed by atoms with Crippen LogP contribution in [0.15, 0.2) is 23.4 Å². The molecule has 0 fully saturated rings. The lowest BCUT2D eigenvalue weighted by Gasteiger charge is -2.13. The molecule has 0 amide bonds. The summed E-state index contributed by atoms with van der Waals surface area (Å²) in [6, 6.07) is 0. The van der Waals surface area contributed by atoms with Crippen LogP contribution in [0, 0.1) is 6.92 Å². The number of nitrogens with zero attached hydrogens (tertiary/aromatic N) is 3. The van der Waals surface area contributed by atoms with Crippen molar-refractivity contribution in [2.24, 2.45) is 0 Å². The minimum Gasteiger partial charge on any atom is -0.294 e. The smallest absolute Gasteiger partial charge is 0.294 e. The summed E-state index contributed by atoms with van der Waals surface area (Å²) in [6.07, 6.45) is -1.17. The van der Waals surface area contributed by atoms with E-state index in [1.54, 1.807) is 0 Å². The molecule has 0 aliphatic rings. The van der Waals surface area contributed by atoms with E-state index in [0.29, 0.717) is 0 Å². The number of aromatic nitrogens is 3. The highest BCUT2D eigenvalue weighted by Gasteiger charge is 2.36. The first-order valence-corrected chi connectivity index (χ1v) is 4.31. The molecule has 2 heterocycles. The predicted molar refractivity (Wildman–Crippen MR) is 49.0 cm³/mol. The van der Waals surface area contributed by atoms with Crippen LogP contribution in [0.4, 0.5) is 13.2 Å². The number of rotatable bonds is 0. The molecule has 0 spiro atoms. The summed E-state index contributed by atoms with van der Waals surface area (Å²) in [5.74, 6) is 0. The summed E-state index contributed by atoms with van der Waals surface area (Å²) in [5, 5.41) is 0. The lowest BCUT2D eigenvalue weighted by Crippen LogP contribution is -2.23. The molecule has 0 aliphatic carbocycles. The third kappa shape index (κ3) is 1.54. The molecule has 0 bridgehead atoms. The normalized spacial score (nSPS) is 12.0. The van der Waals surface area contributed by atoms with E-state index in [1.165, 1.54) is 6.20 Å². The van der Waals surface area contributed by atoms with Gasteiger partial charge in [0, 0.05) is 18.0 Å². The Kier molecular flexibility index (Phi) is 2.18. The van der Waals surface area contributed by atoms with Crippen molar-refractivity contribution in [1.29, 1.82) is 0 Å². The van der Waals surface area contributed by atoms with Gasteiger partial charge < -0.3 is 0 Å². The zero-order chi connectivity index (χ0) is 11.9. The van der Waals surface area contributed by atoms with Crippen molar-refractivity contribution < 1.29 is 13.2 Å². The third-order valence-corrected chi connectivity index (χ3v) is 2.14. The topological polar surface area (TPSA) is 47.3 Å². The van der Waals surface area contributed by atoms with Crippen molar-refractivity contribution in [2.45, 2.75) is 13.1 Å². The van der Waals surface area contributed by atoms with Gasteiger partial charge in [-0.2, -0.15) is 18.2 Å². The standard InChI is InChI=1S/C9H6F3N3O/c1-5-7(9(10,11)12)15-3-2-13-4-6(15)14-8(5)16/h2-4H,1H3. The average Bonchev–Trinajstić information content (AvgIpc) is 2.17. The molecule has 0 aromatic carbocycles. The molecule has 0 unspecified atom stereocenters. The maximum atomic E-state index is 12.8. The first-order valence-electron chi connectivity index (χ1n) is 4.31. The first-order chi connectivity index (χ1) is 7.41. The van der Waals surface area contributed by atoms with Gasteiger partial charge in [0.05, 0.1) is 6.20 Å². The highest BCUT2D eigenvalue weighted by Crippen LogP contribution is 2.30. The Morgan fingerprint density at radius 3 is 2.69 bits per heavy atom.